The third-order valence-corrected chi connectivity index (χ3v) is 6.31. The van der Waals surface area contributed by atoms with Crippen molar-refractivity contribution >= 4 is 17.9 Å². The van der Waals surface area contributed by atoms with Crippen molar-refractivity contribution in [2.45, 2.75) is 116 Å². The summed E-state index contributed by atoms with van der Waals surface area (Å²) in [5, 5.41) is 27.4. The van der Waals surface area contributed by atoms with Gasteiger partial charge in [-0.1, -0.05) is 96.1 Å². The van der Waals surface area contributed by atoms with Crippen molar-refractivity contribution in [2.75, 3.05) is 26.2 Å². The number of hydrogen-bond donors (Lipinski definition) is 3. The molecule has 198 valence electrons. The molecule has 3 N–H and O–H groups in total. The molecule has 0 aliphatic heterocycles. The predicted octanol–water partition coefficient (Wildman–Crippen LogP) is 6.26. The summed E-state index contributed by atoms with van der Waals surface area (Å²) in [4.78, 5) is 33.5. The van der Waals surface area contributed by atoms with Gasteiger partial charge in [-0.05, 0) is 32.1 Å². The van der Waals surface area contributed by atoms with Crippen molar-refractivity contribution in [2.24, 2.45) is 0 Å². The first-order valence-corrected chi connectivity index (χ1v) is 13.5. The average Bonchev–Trinajstić information content (AvgIpc) is 2.73. The van der Waals surface area contributed by atoms with Gasteiger partial charge in [0.2, 0.25) is 0 Å². The maximum absolute atomic E-state index is 11.2. The second kappa shape index (κ2) is 21.6. The van der Waals surface area contributed by atoms with E-state index in [1.807, 2.05) is 0 Å². The van der Waals surface area contributed by atoms with Crippen LogP contribution in [0.1, 0.15) is 116 Å². The summed E-state index contributed by atoms with van der Waals surface area (Å²) in [6, 6.07) is 0. The number of allylic oxidation sites excluding steroid dienone is 2. The highest BCUT2D eigenvalue weighted by atomic mass is 16.4. The zero-order valence-corrected chi connectivity index (χ0v) is 21.5. The first-order chi connectivity index (χ1) is 16.3. The predicted molar refractivity (Wildman–Crippen MR) is 136 cm³/mol. The van der Waals surface area contributed by atoms with Gasteiger partial charge >= 0.3 is 17.9 Å². The molecule has 0 radical (unpaired) electrons. The molecule has 0 heterocycles. The number of quaternary nitrogens is 1. The molecule has 0 aromatic rings. The molecule has 7 nitrogen and oxygen atoms in total. The van der Waals surface area contributed by atoms with Gasteiger partial charge in [0, 0.05) is 0 Å². The number of nitrogens with zero attached hydrogens (tertiary/aromatic N) is 1. The zero-order chi connectivity index (χ0) is 25.5. The lowest BCUT2D eigenvalue weighted by Gasteiger charge is -2.34. The Morgan fingerprint density at radius 3 is 1.21 bits per heavy atom. The van der Waals surface area contributed by atoms with E-state index in [1.165, 1.54) is 83.5 Å². The molecule has 0 atom stereocenters. The maximum Gasteiger partial charge on any atom is 0.359 e. The molecule has 0 aliphatic carbocycles. The van der Waals surface area contributed by atoms with Crippen LogP contribution in [0.25, 0.3) is 0 Å². The minimum Gasteiger partial charge on any atom is -0.477 e. The zero-order valence-electron chi connectivity index (χ0n) is 21.5. The number of carboxylic acid groups (broad SMARTS) is 3. The Labute approximate surface area is 206 Å². The fourth-order valence-corrected chi connectivity index (χ4v) is 4.48. The second-order valence-corrected chi connectivity index (χ2v) is 9.72. The SMILES string of the molecule is CCCC/C=C/CCCCCCCCCCCCCCC[N+](CC(=O)O)(CC(=O)O)CC(=O)O. The van der Waals surface area contributed by atoms with Crippen LogP contribution in [0.5, 0.6) is 0 Å². The van der Waals surface area contributed by atoms with Gasteiger partial charge in [-0.15, -0.1) is 0 Å². The van der Waals surface area contributed by atoms with Crippen LogP contribution in [0, 0.1) is 0 Å². The van der Waals surface area contributed by atoms with Crippen LogP contribution in [0.15, 0.2) is 12.2 Å². The van der Waals surface area contributed by atoms with E-state index >= 15 is 0 Å². The molecule has 0 aromatic carbocycles. The van der Waals surface area contributed by atoms with Crippen molar-refractivity contribution in [3.8, 4) is 0 Å². The van der Waals surface area contributed by atoms with E-state index in [1.54, 1.807) is 0 Å². The highest BCUT2D eigenvalue weighted by molar-refractivity contribution is 5.73. The molecule has 0 unspecified atom stereocenters. The minimum absolute atomic E-state index is 0.264. The van der Waals surface area contributed by atoms with E-state index in [2.05, 4.69) is 19.1 Å². The minimum atomic E-state index is -1.17. The second-order valence-electron chi connectivity index (χ2n) is 9.72. The monoisotopic (exact) mass is 484 g/mol. The average molecular weight is 485 g/mol. The molecular weight excluding hydrogens is 434 g/mol. The standard InChI is InChI=1S/C27H49NO6/c1-2-3-4-5-6-7-8-9-10-11-12-13-14-15-16-17-18-19-20-21-28(22-25(29)30,23-26(31)32)24-27(33)34/h5-6H,2-4,7-24H2,1H3,(H2-,29,30,31,32,33,34)/p+1/b6-5+. The van der Waals surface area contributed by atoms with Crippen LogP contribution in [-0.2, 0) is 14.4 Å². The lowest BCUT2D eigenvalue weighted by Crippen LogP contribution is -2.57. The molecule has 0 rings (SSSR count). The third-order valence-electron chi connectivity index (χ3n) is 6.31. The fourth-order valence-electron chi connectivity index (χ4n) is 4.48. The van der Waals surface area contributed by atoms with Crippen molar-refractivity contribution in [3.63, 3.8) is 0 Å². The summed E-state index contributed by atoms with van der Waals surface area (Å²) in [5.74, 6) is -3.51. The number of aliphatic carboxylic acids is 3. The van der Waals surface area contributed by atoms with Crippen LogP contribution < -0.4 is 0 Å². The van der Waals surface area contributed by atoms with E-state index in [9.17, 15) is 14.4 Å². The van der Waals surface area contributed by atoms with E-state index in [0.29, 0.717) is 6.42 Å². The number of hydrogen-bond acceptors (Lipinski definition) is 3. The lowest BCUT2D eigenvalue weighted by atomic mass is 10.0. The maximum atomic E-state index is 11.2. The van der Waals surface area contributed by atoms with Crippen LogP contribution in [0.2, 0.25) is 0 Å². The van der Waals surface area contributed by atoms with Gasteiger partial charge in [-0.3, -0.25) is 4.48 Å². The highest BCUT2D eigenvalue weighted by Crippen LogP contribution is 2.15. The van der Waals surface area contributed by atoms with Gasteiger partial charge in [0.1, 0.15) is 0 Å². The highest BCUT2D eigenvalue weighted by Gasteiger charge is 2.35. The third kappa shape index (κ3) is 20.7. The Balaban J connectivity index is 3.73. The molecule has 0 aliphatic rings. The topological polar surface area (TPSA) is 112 Å². The smallest absolute Gasteiger partial charge is 0.359 e. The van der Waals surface area contributed by atoms with E-state index in [0.717, 1.165) is 19.3 Å². The Bertz CT molecular complexity index is 535. The summed E-state index contributed by atoms with van der Waals surface area (Å²) < 4.78 is -0.435. The first-order valence-electron chi connectivity index (χ1n) is 13.5. The van der Waals surface area contributed by atoms with Crippen LogP contribution in [-0.4, -0.2) is 63.9 Å². The Morgan fingerprint density at radius 2 is 0.853 bits per heavy atom. The number of carbonyl (C=O) groups is 3. The summed E-state index contributed by atoms with van der Waals surface area (Å²) in [5.41, 5.74) is 0. The number of carboxylic acids is 3. The van der Waals surface area contributed by atoms with Gasteiger partial charge in [0.25, 0.3) is 0 Å². The quantitative estimate of drug-likeness (QED) is 0.0800. The molecular formula is C27H50NO6+. The van der Waals surface area contributed by atoms with Crippen molar-refractivity contribution in [3.05, 3.63) is 12.2 Å². The van der Waals surface area contributed by atoms with Crippen molar-refractivity contribution in [1.29, 1.82) is 0 Å². The first kappa shape index (κ1) is 32.1. The lowest BCUT2D eigenvalue weighted by molar-refractivity contribution is -0.907. The van der Waals surface area contributed by atoms with Gasteiger partial charge < -0.3 is 15.3 Å². The number of unbranched alkanes of at least 4 members (excludes halogenated alkanes) is 15. The van der Waals surface area contributed by atoms with Crippen LogP contribution in [0.4, 0.5) is 0 Å². The molecule has 0 saturated heterocycles. The molecule has 0 saturated carbocycles. The van der Waals surface area contributed by atoms with Gasteiger partial charge in [0.15, 0.2) is 19.6 Å². The Morgan fingerprint density at radius 1 is 0.529 bits per heavy atom. The van der Waals surface area contributed by atoms with E-state index < -0.39 is 42.0 Å². The molecule has 0 fully saturated rings. The molecule has 0 aromatic heterocycles. The fraction of sp³-hybridized carbons (Fsp3) is 0.815. The van der Waals surface area contributed by atoms with Gasteiger partial charge in [0.05, 0.1) is 6.54 Å². The molecule has 34 heavy (non-hydrogen) atoms. The number of rotatable bonds is 25. The molecule has 0 amide bonds. The molecule has 0 spiro atoms. The largest absolute Gasteiger partial charge is 0.477 e. The van der Waals surface area contributed by atoms with Gasteiger partial charge in [-0.25, -0.2) is 14.4 Å². The Hall–Kier alpha value is -1.89. The van der Waals surface area contributed by atoms with Gasteiger partial charge in [-0.2, -0.15) is 0 Å². The van der Waals surface area contributed by atoms with E-state index in [-0.39, 0.29) is 6.54 Å². The van der Waals surface area contributed by atoms with Crippen LogP contribution >= 0.6 is 0 Å². The summed E-state index contributed by atoms with van der Waals surface area (Å²) in [7, 11) is 0. The summed E-state index contributed by atoms with van der Waals surface area (Å²) >= 11 is 0. The molecule has 7 heteroatoms. The Kier molecular flexibility index (Phi) is 20.4. The molecule has 0 bridgehead atoms. The summed E-state index contributed by atoms with van der Waals surface area (Å²) in [6.07, 6.45) is 25.0. The van der Waals surface area contributed by atoms with Crippen molar-refractivity contribution < 1.29 is 34.2 Å². The van der Waals surface area contributed by atoms with E-state index in [4.69, 9.17) is 15.3 Å². The van der Waals surface area contributed by atoms with Crippen molar-refractivity contribution in [1.82, 2.24) is 0 Å². The normalized spacial score (nSPS) is 11.8. The van der Waals surface area contributed by atoms with Crippen LogP contribution in [0.3, 0.4) is 0 Å². The summed E-state index contributed by atoms with van der Waals surface area (Å²) in [6.45, 7) is 1.06.